The number of aliphatic imine (C=N–C) groups is 1. The first-order chi connectivity index (χ1) is 10.3. The van der Waals surface area contributed by atoms with Crippen LogP contribution in [-0.4, -0.2) is 17.1 Å². The molecule has 0 aliphatic heterocycles. The minimum absolute atomic E-state index is 0.461. The zero-order chi connectivity index (χ0) is 14.7. The normalized spacial score (nSPS) is 10.3. The summed E-state index contributed by atoms with van der Waals surface area (Å²) < 4.78 is 1.86. The highest BCUT2D eigenvalue weighted by Crippen LogP contribution is 2.23. The van der Waals surface area contributed by atoms with Crippen molar-refractivity contribution >= 4 is 29.6 Å². The summed E-state index contributed by atoms with van der Waals surface area (Å²) in [6.07, 6.45) is 3.59. The lowest BCUT2D eigenvalue weighted by atomic mass is 10.3. The van der Waals surface area contributed by atoms with Gasteiger partial charge in [-0.2, -0.15) is 0 Å². The summed E-state index contributed by atoms with van der Waals surface area (Å²) >= 11 is 0. The molecule has 0 aliphatic rings. The summed E-state index contributed by atoms with van der Waals surface area (Å²) in [6, 6.07) is 14.7. The van der Waals surface area contributed by atoms with Gasteiger partial charge in [-0.3, -0.25) is 4.99 Å². The molecule has 0 saturated heterocycles. The number of para-hydroxylation sites is 2. The van der Waals surface area contributed by atoms with Gasteiger partial charge in [0.25, 0.3) is 0 Å². The van der Waals surface area contributed by atoms with Crippen LogP contribution in [-0.2, 0) is 4.84 Å². The second-order valence-electron chi connectivity index (χ2n) is 4.43. The van der Waals surface area contributed by atoms with Crippen LogP contribution < -0.4 is 5.48 Å². The monoisotopic (exact) mass is 279 g/mol. The zero-order valence-corrected chi connectivity index (χ0v) is 11.2. The maximum Gasteiger partial charge on any atom is 0.364 e. The van der Waals surface area contributed by atoms with Gasteiger partial charge in [0.2, 0.25) is 0 Å². The van der Waals surface area contributed by atoms with Crippen LogP contribution in [0.25, 0.3) is 5.52 Å². The van der Waals surface area contributed by atoms with E-state index in [1.807, 2.05) is 40.9 Å². The molecule has 0 bridgehead atoms. The van der Waals surface area contributed by atoms with E-state index in [2.05, 4.69) is 17.2 Å². The van der Waals surface area contributed by atoms with E-state index in [1.165, 1.54) is 0 Å². The molecule has 0 spiro atoms. The van der Waals surface area contributed by atoms with Crippen molar-refractivity contribution in [3.05, 3.63) is 66.5 Å². The Balaban J connectivity index is 1.75. The molecule has 1 aromatic carbocycles. The molecule has 2 heterocycles. The third kappa shape index (κ3) is 2.62. The van der Waals surface area contributed by atoms with Crippen LogP contribution in [0.15, 0.2) is 65.9 Å². The number of fused-ring (bicyclic) bond motifs is 1. The summed E-state index contributed by atoms with van der Waals surface area (Å²) in [5.74, 6) is -0.461. The summed E-state index contributed by atoms with van der Waals surface area (Å²) in [7, 11) is 0. The molecule has 3 rings (SSSR count). The Kier molecular flexibility index (Phi) is 3.39. The van der Waals surface area contributed by atoms with Crippen molar-refractivity contribution in [3.63, 3.8) is 0 Å². The number of anilines is 1. The van der Waals surface area contributed by atoms with Gasteiger partial charge < -0.3 is 9.24 Å². The van der Waals surface area contributed by atoms with Crippen LogP contribution >= 0.6 is 0 Å². The number of hydrogen-bond donors (Lipinski definition) is 1. The summed E-state index contributed by atoms with van der Waals surface area (Å²) in [4.78, 5) is 21.0. The Morgan fingerprint density at radius 1 is 1.19 bits per heavy atom. The number of carbonyl (C=O) groups excluding carboxylic acids is 1. The standard InChI is InChI=1S/C16H13N3O2/c1-17-14-7-2-3-8-15(14)18-21-16(20)12-10-13-6-4-5-9-19(13)11-12/h2-11,18H,1H2. The number of nitrogens with one attached hydrogen (secondary N) is 1. The Labute approximate surface area is 121 Å². The molecular formula is C16H13N3O2. The molecule has 0 aliphatic carbocycles. The van der Waals surface area contributed by atoms with Crippen LogP contribution in [0.1, 0.15) is 10.4 Å². The largest absolute Gasteiger partial charge is 0.364 e. The maximum absolute atomic E-state index is 12.0. The van der Waals surface area contributed by atoms with Gasteiger partial charge in [0.15, 0.2) is 0 Å². The average Bonchev–Trinajstić information content (AvgIpc) is 2.97. The van der Waals surface area contributed by atoms with Crippen molar-refractivity contribution < 1.29 is 9.63 Å². The van der Waals surface area contributed by atoms with E-state index in [9.17, 15) is 4.79 Å². The molecule has 104 valence electrons. The van der Waals surface area contributed by atoms with Gasteiger partial charge in [-0.15, -0.1) is 0 Å². The predicted molar refractivity (Wildman–Crippen MR) is 82.1 cm³/mol. The Morgan fingerprint density at radius 3 is 2.81 bits per heavy atom. The second-order valence-corrected chi connectivity index (χ2v) is 4.43. The van der Waals surface area contributed by atoms with Crippen molar-refractivity contribution in [1.82, 2.24) is 4.40 Å². The molecule has 21 heavy (non-hydrogen) atoms. The molecule has 0 amide bonds. The quantitative estimate of drug-likeness (QED) is 0.588. The summed E-state index contributed by atoms with van der Waals surface area (Å²) in [5, 5.41) is 0. The number of carbonyl (C=O) groups is 1. The summed E-state index contributed by atoms with van der Waals surface area (Å²) in [5.41, 5.74) is 5.22. The molecule has 5 heteroatoms. The van der Waals surface area contributed by atoms with Crippen molar-refractivity contribution in [2.45, 2.75) is 0 Å². The lowest BCUT2D eigenvalue weighted by Gasteiger charge is -2.07. The van der Waals surface area contributed by atoms with E-state index in [4.69, 9.17) is 4.84 Å². The van der Waals surface area contributed by atoms with Crippen LogP contribution in [0.3, 0.4) is 0 Å². The van der Waals surface area contributed by atoms with Gasteiger partial charge in [-0.1, -0.05) is 18.2 Å². The molecule has 1 N–H and O–H groups in total. The molecule has 0 fully saturated rings. The second kappa shape index (κ2) is 5.50. The number of hydrogen-bond acceptors (Lipinski definition) is 4. The first-order valence-electron chi connectivity index (χ1n) is 6.37. The minimum atomic E-state index is -0.461. The van der Waals surface area contributed by atoms with Crippen LogP contribution in [0.4, 0.5) is 11.4 Å². The third-order valence-corrected chi connectivity index (χ3v) is 3.07. The van der Waals surface area contributed by atoms with E-state index >= 15 is 0 Å². The van der Waals surface area contributed by atoms with Gasteiger partial charge in [0, 0.05) is 17.9 Å². The van der Waals surface area contributed by atoms with Gasteiger partial charge in [0.05, 0.1) is 16.9 Å². The maximum atomic E-state index is 12.0. The van der Waals surface area contributed by atoms with Gasteiger partial charge in [0.1, 0.15) is 0 Å². The Hall–Kier alpha value is -3.08. The van der Waals surface area contributed by atoms with Gasteiger partial charge >= 0.3 is 5.97 Å². The SMILES string of the molecule is C=Nc1ccccc1NOC(=O)c1cc2ccccn2c1. The minimum Gasteiger partial charge on any atom is -0.338 e. The van der Waals surface area contributed by atoms with Crippen molar-refractivity contribution in [2.75, 3.05) is 5.48 Å². The molecule has 0 unspecified atom stereocenters. The number of pyridine rings is 1. The third-order valence-electron chi connectivity index (χ3n) is 3.07. The highest BCUT2D eigenvalue weighted by atomic mass is 16.7. The molecule has 0 atom stereocenters. The van der Waals surface area contributed by atoms with E-state index in [0.717, 1.165) is 5.52 Å². The molecule has 5 nitrogen and oxygen atoms in total. The fourth-order valence-electron chi connectivity index (χ4n) is 2.03. The fraction of sp³-hybridized carbons (Fsp3) is 0. The molecule has 3 aromatic rings. The smallest absolute Gasteiger partial charge is 0.338 e. The van der Waals surface area contributed by atoms with E-state index in [-0.39, 0.29) is 0 Å². The highest BCUT2D eigenvalue weighted by molar-refractivity contribution is 5.91. The predicted octanol–water partition coefficient (Wildman–Crippen LogP) is 3.46. The lowest BCUT2D eigenvalue weighted by molar-refractivity contribution is 0.0597. The first kappa shape index (κ1) is 12.9. The van der Waals surface area contributed by atoms with Gasteiger partial charge in [-0.25, -0.2) is 10.3 Å². The first-order valence-corrected chi connectivity index (χ1v) is 6.37. The molecule has 2 aromatic heterocycles. The topological polar surface area (TPSA) is 55.1 Å². The number of benzene rings is 1. The van der Waals surface area contributed by atoms with Crippen LogP contribution in [0.2, 0.25) is 0 Å². The zero-order valence-electron chi connectivity index (χ0n) is 11.2. The Morgan fingerprint density at radius 2 is 2.00 bits per heavy atom. The molecular weight excluding hydrogens is 266 g/mol. The van der Waals surface area contributed by atoms with E-state index in [1.54, 1.807) is 24.4 Å². The highest BCUT2D eigenvalue weighted by Gasteiger charge is 2.11. The van der Waals surface area contributed by atoms with E-state index in [0.29, 0.717) is 16.9 Å². The van der Waals surface area contributed by atoms with Crippen LogP contribution in [0.5, 0.6) is 0 Å². The molecule has 0 radical (unpaired) electrons. The average molecular weight is 279 g/mol. The summed E-state index contributed by atoms with van der Waals surface area (Å²) in [6.45, 7) is 3.47. The van der Waals surface area contributed by atoms with Crippen LogP contribution in [0, 0.1) is 0 Å². The van der Waals surface area contributed by atoms with Crippen molar-refractivity contribution in [1.29, 1.82) is 0 Å². The van der Waals surface area contributed by atoms with Gasteiger partial charge in [-0.05, 0) is 37.0 Å². The Bertz CT molecular complexity index is 775. The molecule has 0 saturated carbocycles. The van der Waals surface area contributed by atoms with E-state index < -0.39 is 5.97 Å². The van der Waals surface area contributed by atoms with Crippen molar-refractivity contribution in [2.24, 2.45) is 4.99 Å². The number of nitrogens with zero attached hydrogens (tertiary/aromatic N) is 2. The fourth-order valence-corrected chi connectivity index (χ4v) is 2.03. The number of rotatable bonds is 4. The van der Waals surface area contributed by atoms with Crippen molar-refractivity contribution in [3.8, 4) is 0 Å². The lowest BCUT2D eigenvalue weighted by Crippen LogP contribution is -2.10. The number of aromatic nitrogens is 1.